The van der Waals surface area contributed by atoms with Gasteiger partial charge in [-0.05, 0) is 35.5 Å². The fraction of sp³-hybridized carbons (Fsp3) is 0.333. The Morgan fingerprint density at radius 3 is 2.95 bits per heavy atom. The number of nitrogens with one attached hydrogen (secondary N) is 1. The lowest BCUT2D eigenvalue weighted by Crippen LogP contribution is -2.23. The third kappa shape index (κ3) is 3.05. The van der Waals surface area contributed by atoms with Crippen LogP contribution in [-0.4, -0.2) is 31.7 Å². The van der Waals surface area contributed by atoms with Crippen LogP contribution in [0, 0.1) is 0 Å². The Morgan fingerprint density at radius 1 is 1.29 bits per heavy atom. The van der Waals surface area contributed by atoms with Gasteiger partial charge in [0.25, 0.3) is 0 Å². The van der Waals surface area contributed by atoms with Gasteiger partial charge in [-0.2, -0.15) is 4.80 Å². The van der Waals surface area contributed by atoms with Crippen molar-refractivity contribution < 1.29 is 0 Å². The Morgan fingerprint density at radius 2 is 2.19 bits per heavy atom. The molecule has 1 unspecified atom stereocenters. The second-order valence-electron chi connectivity index (χ2n) is 4.97. The maximum absolute atomic E-state index is 4.36. The smallest absolute Gasteiger partial charge is 0.176 e. The number of tetrazole rings is 1. The topological polar surface area (TPSA) is 68.5 Å². The third-order valence-corrected chi connectivity index (χ3v) is 3.42. The molecule has 6 nitrogen and oxygen atoms in total. The maximum Gasteiger partial charge on any atom is 0.176 e. The summed E-state index contributed by atoms with van der Waals surface area (Å²) in [6, 6.07) is 10.5. The molecule has 0 fully saturated rings. The molecule has 2 heterocycles. The van der Waals surface area contributed by atoms with Gasteiger partial charge in [-0.1, -0.05) is 19.1 Å². The number of benzene rings is 1. The van der Waals surface area contributed by atoms with Gasteiger partial charge < -0.3 is 5.32 Å². The van der Waals surface area contributed by atoms with Gasteiger partial charge in [0.1, 0.15) is 0 Å². The van der Waals surface area contributed by atoms with Crippen molar-refractivity contribution in [1.82, 2.24) is 30.5 Å². The molecule has 108 valence electrons. The Hall–Kier alpha value is -2.34. The number of likely N-dealkylation sites (N-methyl/N-ethyl adjacent to an activating group) is 1. The fourth-order valence-electron chi connectivity index (χ4n) is 2.45. The van der Waals surface area contributed by atoms with Gasteiger partial charge in [0.15, 0.2) is 5.82 Å². The normalized spacial score (nSPS) is 12.7. The number of pyridine rings is 1. The summed E-state index contributed by atoms with van der Waals surface area (Å²) in [5.74, 6) is 0.745. The van der Waals surface area contributed by atoms with E-state index in [-0.39, 0.29) is 6.04 Å². The van der Waals surface area contributed by atoms with E-state index in [0.29, 0.717) is 6.42 Å². The first-order valence-corrected chi connectivity index (χ1v) is 7.07. The summed E-state index contributed by atoms with van der Waals surface area (Å²) in [6.07, 6.45) is 2.53. The largest absolute Gasteiger partial charge is 0.310 e. The van der Waals surface area contributed by atoms with Gasteiger partial charge in [-0.15, -0.1) is 10.2 Å². The quantitative estimate of drug-likeness (QED) is 0.770. The predicted molar refractivity (Wildman–Crippen MR) is 80.7 cm³/mol. The zero-order chi connectivity index (χ0) is 14.7. The summed E-state index contributed by atoms with van der Waals surface area (Å²) in [4.78, 5) is 5.85. The second-order valence-corrected chi connectivity index (χ2v) is 4.97. The standard InChI is InChI=1S/C15H18N6/c1-3-16-14(10-15-18-20-21(2)19-15)12-6-7-13-11(9-12)5-4-8-17-13/h4-9,14,16H,3,10H2,1-2H3. The summed E-state index contributed by atoms with van der Waals surface area (Å²) in [7, 11) is 1.78. The van der Waals surface area contributed by atoms with Crippen LogP contribution in [0.5, 0.6) is 0 Å². The van der Waals surface area contributed by atoms with E-state index >= 15 is 0 Å². The second kappa shape index (κ2) is 5.97. The van der Waals surface area contributed by atoms with Crippen LogP contribution in [0.15, 0.2) is 36.5 Å². The number of aryl methyl sites for hydroxylation is 1. The molecule has 0 saturated heterocycles. The molecule has 0 bridgehead atoms. The molecule has 1 atom stereocenters. The first-order valence-electron chi connectivity index (χ1n) is 7.07. The summed E-state index contributed by atoms with van der Waals surface area (Å²) in [5.41, 5.74) is 2.22. The van der Waals surface area contributed by atoms with Crippen LogP contribution in [0.2, 0.25) is 0 Å². The average molecular weight is 282 g/mol. The maximum atomic E-state index is 4.36. The molecule has 0 radical (unpaired) electrons. The molecule has 0 spiro atoms. The van der Waals surface area contributed by atoms with Crippen molar-refractivity contribution in [1.29, 1.82) is 0 Å². The van der Waals surface area contributed by atoms with E-state index in [1.54, 1.807) is 7.05 Å². The van der Waals surface area contributed by atoms with Gasteiger partial charge in [-0.3, -0.25) is 4.98 Å². The van der Waals surface area contributed by atoms with Crippen LogP contribution in [0.1, 0.15) is 24.4 Å². The summed E-state index contributed by atoms with van der Waals surface area (Å²) in [5, 5.41) is 16.9. The zero-order valence-corrected chi connectivity index (χ0v) is 12.2. The highest BCUT2D eigenvalue weighted by atomic mass is 15.6. The van der Waals surface area contributed by atoms with Crippen molar-refractivity contribution in [2.24, 2.45) is 7.05 Å². The van der Waals surface area contributed by atoms with Gasteiger partial charge >= 0.3 is 0 Å². The minimum atomic E-state index is 0.170. The minimum absolute atomic E-state index is 0.170. The van der Waals surface area contributed by atoms with E-state index in [9.17, 15) is 0 Å². The van der Waals surface area contributed by atoms with Crippen molar-refractivity contribution in [2.45, 2.75) is 19.4 Å². The first kappa shape index (κ1) is 13.6. The van der Waals surface area contributed by atoms with Crippen molar-refractivity contribution in [3.8, 4) is 0 Å². The Balaban J connectivity index is 1.90. The van der Waals surface area contributed by atoms with Crippen LogP contribution in [0.4, 0.5) is 0 Å². The number of aromatic nitrogens is 5. The lowest BCUT2D eigenvalue weighted by molar-refractivity contribution is 0.535. The van der Waals surface area contributed by atoms with Gasteiger partial charge in [-0.25, -0.2) is 0 Å². The highest BCUT2D eigenvalue weighted by Gasteiger charge is 2.14. The average Bonchev–Trinajstić information content (AvgIpc) is 2.91. The van der Waals surface area contributed by atoms with Crippen LogP contribution < -0.4 is 5.32 Å². The lowest BCUT2D eigenvalue weighted by Gasteiger charge is -2.17. The Labute approximate surface area is 123 Å². The SMILES string of the molecule is CCNC(Cc1nnn(C)n1)c1ccc2ncccc2c1. The molecule has 0 aliphatic carbocycles. The van der Waals surface area contributed by atoms with Crippen LogP contribution in [-0.2, 0) is 13.5 Å². The van der Waals surface area contributed by atoms with Crippen molar-refractivity contribution in [2.75, 3.05) is 6.54 Å². The van der Waals surface area contributed by atoms with E-state index in [1.807, 2.05) is 12.3 Å². The zero-order valence-electron chi connectivity index (χ0n) is 12.2. The third-order valence-electron chi connectivity index (χ3n) is 3.42. The van der Waals surface area contributed by atoms with E-state index in [4.69, 9.17) is 0 Å². The number of hydrogen-bond acceptors (Lipinski definition) is 5. The van der Waals surface area contributed by atoms with Crippen molar-refractivity contribution in [3.63, 3.8) is 0 Å². The molecule has 0 amide bonds. The molecule has 2 aromatic heterocycles. The molecule has 0 aliphatic heterocycles. The predicted octanol–water partition coefficient (Wildman–Crippen LogP) is 1.65. The molecule has 0 saturated carbocycles. The van der Waals surface area contributed by atoms with Crippen LogP contribution in [0.3, 0.4) is 0 Å². The van der Waals surface area contributed by atoms with Crippen molar-refractivity contribution >= 4 is 10.9 Å². The van der Waals surface area contributed by atoms with Crippen molar-refractivity contribution in [3.05, 3.63) is 47.9 Å². The molecular weight excluding hydrogens is 264 g/mol. The number of nitrogens with zero attached hydrogens (tertiary/aromatic N) is 5. The first-order chi connectivity index (χ1) is 10.3. The number of hydrogen-bond donors (Lipinski definition) is 1. The molecule has 1 N–H and O–H groups in total. The molecular formula is C15H18N6. The summed E-state index contributed by atoms with van der Waals surface area (Å²) >= 11 is 0. The molecule has 0 aliphatic rings. The van der Waals surface area contributed by atoms with E-state index in [0.717, 1.165) is 23.3 Å². The molecule has 6 heteroatoms. The fourth-order valence-corrected chi connectivity index (χ4v) is 2.45. The lowest BCUT2D eigenvalue weighted by atomic mass is 10.0. The van der Waals surface area contributed by atoms with Crippen LogP contribution in [0.25, 0.3) is 10.9 Å². The van der Waals surface area contributed by atoms with E-state index in [2.05, 4.69) is 56.9 Å². The highest BCUT2D eigenvalue weighted by Crippen LogP contribution is 2.21. The van der Waals surface area contributed by atoms with Crippen LogP contribution >= 0.6 is 0 Å². The summed E-state index contributed by atoms with van der Waals surface area (Å²) in [6.45, 7) is 2.98. The molecule has 3 aromatic rings. The monoisotopic (exact) mass is 282 g/mol. The minimum Gasteiger partial charge on any atom is -0.310 e. The van der Waals surface area contributed by atoms with Gasteiger partial charge in [0.2, 0.25) is 0 Å². The molecule has 21 heavy (non-hydrogen) atoms. The van der Waals surface area contributed by atoms with Gasteiger partial charge in [0.05, 0.1) is 12.6 Å². The van der Waals surface area contributed by atoms with E-state index < -0.39 is 0 Å². The Bertz CT molecular complexity index is 736. The number of rotatable bonds is 5. The van der Waals surface area contributed by atoms with E-state index in [1.165, 1.54) is 10.4 Å². The molecule has 1 aromatic carbocycles. The summed E-state index contributed by atoms with van der Waals surface area (Å²) < 4.78 is 0. The highest BCUT2D eigenvalue weighted by molar-refractivity contribution is 5.79. The molecule has 3 rings (SSSR count). The number of fused-ring (bicyclic) bond motifs is 1. The Kier molecular flexibility index (Phi) is 3.87. The van der Waals surface area contributed by atoms with Gasteiger partial charge in [0, 0.05) is 24.0 Å².